The Hall–Kier alpha value is -3.27. The molecular weight excluding hydrogens is 541 g/mol. The van der Waals surface area contributed by atoms with Gasteiger partial charge in [-0.15, -0.1) is 11.6 Å². The first-order valence-corrected chi connectivity index (χ1v) is 15.1. The summed E-state index contributed by atoms with van der Waals surface area (Å²) in [6.45, 7) is 0.222. The minimum absolute atomic E-state index is 0.137. The molecule has 1 aliphatic carbocycles. The summed E-state index contributed by atoms with van der Waals surface area (Å²) in [7, 11) is -3.37. The van der Waals surface area contributed by atoms with E-state index in [9.17, 15) is 12.8 Å². The van der Waals surface area contributed by atoms with E-state index in [0.717, 1.165) is 17.4 Å². The minimum atomic E-state index is -3.37. The smallest absolute Gasteiger partial charge is 0.208 e. The van der Waals surface area contributed by atoms with Crippen LogP contribution in [0.1, 0.15) is 42.0 Å². The third-order valence-corrected chi connectivity index (χ3v) is 8.00. The highest BCUT2D eigenvalue weighted by Crippen LogP contribution is 2.44. The number of hydrogen-bond acceptors (Lipinski definition) is 6. The molecule has 1 N–H and O–H groups in total. The fourth-order valence-corrected chi connectivity index (χ4v) is 6.21. The van der Waals surface area contributed by atoms with E-state index in [2.05, 4.69) is 14.7 Å². The fraction of sp³-hybridized carbons (Fsp3) is 0.310. The van der Waals surface area contributed by atoms with Gasteiger partial charge in [0.2, 0.25) is 15.9 Å². The Morgan fingerprint density at radius 3 is 2.72 bits per heavy atom. The average Bonchev–Trinajstić information content (AvgIpc) is 3.56. The Kier molecular flexibility index (Phi) is 8.02. The lowest BCUT2D eigenvalue weighted by atomic mass is 9.79. The minimum Gasteiger partial charge on any atom is -0.485 e. The lowest BCUT2D eigenvalue weighted by molar-refractivity contribution is 0.291. The summed E-state index contributed by atoms with van der Waals surface area (Å²) in [5.41, 5.74) is 3.06. The third kappa shape index (κ3) is 6.49. The standard InChI is InChI=1S/C29H29ClFN3O4S/c1-39(35,36)34-22-10-12-29(16-22,28-33-23(17-30)19-38-28)15-21-11-13-32-26(14-21)24-8-5-9-25(31)27(24)37-18-20-6-3-2-4-7-20/h2-9,11,13-14,19,22,34H,10,12,15-18H2,1H3/t22-,29+/m0/s1. The van der Waals surface area contributed by atoms with Gasteiger partial charge in [-0.05, 0) is 61.1 Å². The van der Waals surface area contributed by atoms with E-state index in [4.69, 9.17) is 20.8 Å². The van der Waals surface area contributed by atoms with E-state index in [1.807, 2.05) is 42.5 Å². The van der Waals surface area contributed by atoms with Crippen LogP contribution in [0.4, 0.5) is 4.39 Å². The number of hydrogen-bond donors (Lipinski definition) is 1. The van der Waals surface area contributed by atoms with Crippen molar-refractivity contribution < 1.29 is 22.0 Å². The number of benzene rings is 2. The largest absolute Gasteiger partial charge is 0.485 e. The van der Waals surface area contributed by atoms with Gasteiger partial charge in [0, 0.05) is 17.8 Å². The number of ether oxygens (including phenoxy) is 1. The van der Waals surface area contributed by atoms with Crippen LogP contribution in [-0.2, 0) is 34.3 Å². The molecule has 2 heterocycles. The van der Waals surface area contributed by atoms with Crippen LogP contribution in [-0.4, -0.2) is 30.7 Å². The second kappa shape index (κ2) is 11.5. The highest BCUT2D eigenvalue weighted by Gasteiger charge is 2.45. The second-order valence-electron chi connectivity index (χ2n) is 10.0. The quantitative estimate of drug-likeness (QED) is 0.243. The number of pyridine rings is 1. The molecule has 0 bridgehead atoms. The molecule has 204 valence electrons. The maximum absolute atomic E-state index is 14.9. The molecule has 2 atom stereocenters. The second-order valence-corrected chi connectivity index (χ2v) is 12.1. The Morgan fingerprint density at radius 1 is 1.15 bits per heavy atom. The molecule has 0 amide bonds. The Balaban J connectivity index is 1.45. The number of rotatable bonds is 10. The summed E-state index contributed by atoms with van der Waals surface area (Å²) in [4.78, 5) is 9.13. The molecule has 2 aromatic carbocycles. The van der Waals surface area contributed by atoms with Crippen molar-refractivity contribution in [1.82, 2.24) is 14.7 Å². The van der Waals surface area contributed by atoms with Gasteiger partial charge in [0.1, 0.15) is 12.9 Å². The zero-order chi connectivity index (χ0) is 27.5. The molecule has 10 heteroatoms. The SMILES string of the molecule is CS(=O)(=O)N[C@H]1CC[C@](Cc2ccnc(-c3cccc(F)c3OCc3ccccc3)c2)(c2nc(CCl)co2)C1. The summed E-state index contributed by atoms with van der Waals surface area (Å²) in [5.74, 6) is 0.423. The lowest BCUT2D eigenvalue weighted by Crippen LogP contribution is -2.35. The summed E-state index contributed by atoms with van der Waals surface area (Å²) in [5, 5.41) is 0. The normalized spacial score (nSPS) is 19.3. The zero-order valence-electron chi connectivity index (χ0n) is 21.4. The number of para-hydroxylation sites is 1. The number of oxazole rings is 1. The van der Waals surface area contributed by atoms with Crippen LogP contribution in [0.5, 0.6) is 5.75 Å². The molecule has 1 aliphatic rings. The predicted octanol–water partition coefficient (Wildman–Crippen LogP) is 5.78. The summed E-state index contributed by atoms with van der Waals surface area (Å²) >= 11 is 5.98. The van der Waals surface area contributed by atoms with Crippen LogP contribution in [0.15, 0.2) is 77.5 Å². The fourth-order valence-electron chi connectivity index (χ4n) is 5.28. The van der Waals surface area contributed by atoms with Gasteiger partial charge in [-0.2, -0.15) is 0 Å². The molecule has 39 heavy (non-hydrogen) atoms. The predicted molar refractivity (Wildman–Crippen MR) is 147 cm³/mol. The first kappa shape index (κ1) is 27.3. The zero-order valence-corrected chi connectivity index (χ0v) is 23.0. The third-order valence-electron chi connectivity index (χ3n) is 6.97. The maximum atomic E-state index is 14.9. The number of alkyl halides is 1. The Morgan fingerprint density at radius 2 is 1.97 bits per heavy atom. The molecule has 0 saturated heterocycles. The monoisotopic (exact) mass is 569 g/mol. The van der Waals surface area contributed by atoms with Crippen LogP contribution in [0.25, 0.3) is 11.3 Å². The molecule has 7 nitrogen and oxygen atoms in total. The van der Waals surface area contributed by atoms with Crippen molar-refractivity contribution in [3.63, 3.8) is 0 Å². The van der Waals surface area contributed by atoms with Gasteiger partial charge in [0.05, 0.1) is 28.9 Å². The molecule has 0 spiro atoms. The molecule has 1 fully saturated rings. The van der Waals surface area contributed by atoms with Crippen LogP contribution >= 0.6 is 11.6 Å². The number of sulfonamides is 1. The van der Waals surface area contributed by atoms with Gasteiger partial charge in [0.15, 0.2) is 11.6 Å². The van der Waals surface area contributed by atoms with E-state index in [-0.39, 0.29) is 24.3 Å². The van der Waals surface area contributed by atoms with Gasteiger partial charge in [-0.25, -0.2) is 22.5 Å². The van der Waals surface area contributed by atoms with E-state index >= 15 is 0 Å². The maximum Gasteiger partial charge on any atom is 0.208 e. The number of halogens is 2. The average molecular weight is 570 g/mol. The Labute approximate surface area is 232 Å². The number of aromatic nitrogens is 2. The summed E-state index contributed by atoms with van der Waals surface area (Å²) in [6, 6.07) is 17.9. The number of nitrogens with one attached hydrogen (secondary N) is 1. The van der Waals surface area contributed by atoms with Crippen LogP contribution in [0, 0.1) is 5.82 Å². The molecule has 5 rings (SSSR count). The van der Waals surface area contributed by atoms with Crippen LogP contribution in [0.2, 0.25) is 0 Å². The van der Waals surface area contributed by atoms with Crippen molar-refractivity contribution in [1.29, 1.82) is 0 Å². The highest BCUT2D eigenvalue weighted by molar-refractivity contribution is 7.88. The topological polar surface area (TPSA) is 94.3 Å². The summed E-state index contributed by atoms with van der Waals surface area (Å²) < 4.78 is 53.3. The van der Waals surface area contributed by atoms with E-state index in [0.29, 0.717) is 48.5 Å². The van der Waals surface area contributed by atoms with Crippen molar-refractivity contribution in [2.24, 2.45) is 0 Å². The van der Waals surface area contributed by atoms with Gasteiger partial charge in [-0.3, -0.25) is 4.98 Å². The molecule has 0 radical (unpaired) electrons. The summed E-state index contributed by atoms with van der Waals surface area (Å²) in [6.07, 6.45) is 6.76. The van der Waals surface area contributed by atoms with Crippen LogP contribution < -0.4 is 9.46 Å². The highest BCUT2D eigenvalue weighted by atomic mass is 35.5. The first-order chi connectivity index (χ1) is 18.7. The Bertz CT molecular complexity index is 1550. The molecular formula is C29H29ClFN3O4S. The van der Waals surface area contributed by atoms with Crippen molar-refractivity contribution in [2.75, 3.05) is 6.26 Å². The van der Waals surface area contributed by atoms with Crippen molar-refractivity contribution in [2.45, 2.75) is 49.6 Å². The molecule has 4 aromatic rings. The van der Waals surface area contributed by atoms with Crippen molar-refractivity contribution >= 4 is 21.6 Å². The van der Waals surface area contributed by atoms with E-state index < -0.39 is 21.3 Å². The number of nitrogens with zero attached hydrogens (tertiary/aromatic N) is 2. The molecule has 0 unspecified atom stereocenters. The molecule has 1 saturated carbocycles. The lowest BCUT2D eigenvalue weighted by Gasteiger charge is -2.26. The van der Waals surface area contributed by atoms with Crippen LogP contribution in [0.3, 0.4) is 0 Å². The van der Waals surface area contributed by atoms with E-state index in [1.165, 1.54) is 6.07 Å². The first-order valence-electron chi connectivity index (χ1n) is 12.6. The van der Waals surface area contributed by atoms with Crippen molar-refractivity contribution in [3.05, 3.63) is 102 Å². The van der Waals surface area contributed by atoms with Crippen molar-refractivity contribution in [3.8, 4) is 17.0 Å². The van der Waals surface area contributed by atoms with Gasteiger partial charge >= 0.3 is 0 Å². The van der Waals surface area contributed by atoms with Gasteiger partial charge in [0.25, 0.3) is 0 Å². The molecule has 0 aliphatic heterocycles. The molecule has 2 aromatic heterocycles. The van der Waals surface area contributed by atoms with Gasteiger partial charge < -0.3 is 9.15 Å². The van der Waals surface area contributed by atoms with Gasteiger partial charge in [-0.1, -0.05) is 36.4 Å². The van der Waals surface area contributed by atoms with E-state index in [1.54, 1.807) is 24.6 Å².